The van der Waals surface area contributed by atoms with E-state index in [1.54, 1.807) is 12.1 Å². The highest BCUT2D eigenvalue weighted by Gasteiger charge is 2.18. The van der Waals surface area contributed by atoms with Crippen LogP contribution in [0.5, 0.6) is 17.2 Å². The molecule has 0 aliphatic carbocycles. The number of nitrogens with one attached hydrogen (secondary N) is 1. The van der Waals surface area contributed by atoms with Gasteiger partial charge in [0.05, 0.1) is 6.61 Å². The molecular formula is C11H13NO5. The van der Waals surface area contributed by atoms with Gasteiger partial charge in [0.1, 0.15) is 5.75 Å². The largest absolute Gasteiger partial charge is 0.483 e. The van der Waals surface area contributed by atoms with Crippen molar-refractivity contribution < 1.29 is 24.1 Å². The third-order valence-corrected chi connectivity index (χ3v) is 2.36. The number of hydrogen-bond donors (Lipinski definition) is 2. The van der Waals surface area contributed by atoms with Crippen LogP contribution in [0, 0.1) is 0 Å². The van der Waals surface area contributed by atoms with E-state index >= 15 is 0 Å². The van der Waals surface area contributed by atoms with Crippen molar-refractivity contribution in [2.75, 3.05) is 20.4 Å². The quantitative estimate of drug-likeness (QED) is 0.775. The molecule has 92 valence electrons. The van der Waals surface area contributed by atoms with Gasteiger partial charge in [-0.05, 0) is 6.07 Å². The smallest absolute Gasteiger partial charge is 0.257 e. The minimum atomic E-state index is -0.244. The Bertz CT molecular complexity index is 432. The summed E-state index contributed by atoms with van der Waals surface area (Å²) in [7, 11) is 1.53. The fourth-order valence-electron chi connectivity index (χ4n) is 1.44. The second kappa shape index (κ2) is 4.92. The second-order valence-corrected chi connectivity index (χ2v) is 3.43. The molecule has 1 aromatic rings. The van der Waals surface area contributed by atoms with Crippen LogP contribution in [0.4, 0.5) is 0 Å². The van der Waals surface area contributed by atoms with E-state index in [1.165, 1.54) is 7.05 Å². The van der Waals surface area contributed by atoms with Gasteiger partial charge in [0.2, 0.25) is 6.79 Å². The maximum absolute atomic E-state index is 11.1. The molecule has 0 atom stereocenters. The molecule has 0 bridgehead atoms. The van der Waals surface area contributed by atoms with E-state index in [0.29, 0.717) is 22.8 Å². The molecule has 1 aliphatic heterocycles. The van der Waals surface area contributed by atoms with Crippen LogP contribution in [0.25, 0.3) is 0 Å². The Hall–Kier alpha value is -1.95. The summed E-state index contributed by atoms with van der Waals surface area (Å²) in [4.78, 5) is 11.1. The van der Waals surface area contributed by atoms with Crippen molar-refractivity contribution >= 4 is 5.91 Å². The van der Waals surface area contributed by atoms with E-state index < -0.39 is 0 Å². The van der Waals surface area contributed by atoms with E-state index in [2.05, 4.69) is 5.32 Å². The maximum Gasteiger partial charge on any atom is 0.257 e. The Morgan fingerprint density at radius 2 is 2.18 bits per heavy atom. The predicted octanol–water partition coefficient (Wildman–Crippen LogP) is 0.0324. The predicted molar refractivity (Wildman–Crippen MR) is 58.0 cm³/mol. The number of fused-ring (bicyclic) bond motifs is 1. The zero-order valence-corrected chi connectivity index (χ0v) is 9.36. The third kappa shape index (κ3) is 2.42. The van der Waals surface area contributed by atoms with Gasteiger partial charge >= 0.3 is 0 Å². The van der Waals surface area contributed by atoms with Crippen LogP contribution in [0.3, 0.4) is 0 Å². The highest BCUT2D eigenvalue weighted by atomic mass is 16.7. The van der Waals surface area contributed by atoms with Crippen LogP contribution < -0.4 is 19.5 Å². The molecule has 0 radical (unpaired) electrons. The van der Waals surface area contributed by atoms with Crippen LogP contribution >= 0.6 is 0 Å². The molecule has 6 heteroatoms. The molecule has 0 fully saturated rings. The molecule has 2 N–H and O–H groups in total. The Morgan fingerprint density at radius 3 is 2.82 bits per heavy atom. The zero-order chi connectivity index (χ0) is 12.3. The minimum Gasteiger partial charge on any atom is -0.483 e. The molecule has 0 aromatic heterocycles. The first-order chi connectivity index (χ1) is 8.24. The lowest BCUT2D eigenvalue weighted by Gasteiger charge is -2.10. The van der Waals surface area contributed by atoms with Gasteiger partial charge < -0.3 is 24.6 Å². The number of rotatable bonds is 4. The minimum absolute atomic E-state index is 0.108. The summed E-state index contributed by atoms with van der Waals surface area (Å²) in [6.45, 7) is -0.151. The Balaban J connectivity index is 2.17. The lowest BCUT2D eigenvalue weighted by Crippen LogP contribution is -2.25. The number of ether oxygens (including phenoxy) is 3. The van der Waals surface area contributed by atoms with Crippen molar-refractivity contribution in [3.8, 4) is 17.2 Å². The molecule has 2 rings (SSSR count). The Kier molecular flexibility index (Phi) is 3.34. The van der Waals surface area contributed by atoms with E-state index in [-0.39, 0.29) is 25.9 Å². The molecule has 1 aliphatic rings. The molecule has 0 unspecified atom stereocenters. The standard InChI is InChI=1S/C11H13NO5/c1-12-11(14)5-15-8-3-10-9(16-6-17-10)2-7(8)4-13/h2-3,13H,4-6H2,1H3,(H,12,14). The molecule has 1 aromatic carbocycles. The number of carbonyl (C=O) groups is 1. The number of aliphatic hydroxyl groups excluding tert-OH is 1. The first kappa shape index (κ1) is 11.5. The highest BCUT2D eigenvalue weighted by Crippen LogP contribution is 2.38. The number of carbonyl (C=O) groups excluding carboxylic acids is 1. The fourth-order valence-corrected chi connectivity index (χ4v) is 1.44. The van der Waals surface area contributed by atoms with Gasteiger partial charge in [-0.15, -0.1) is 0 Å². The van der Waals surface area contributed by atoms with Crippen LogP contribution in [-0.2, 0) is 11.4 Å². The topological polar surface area (TPSA) is 77.0 Å². The van der Waals surface area contributed by atoms with E-state index in [4.69, 9.17) is 14.2 Å². The van der Waals surface area contributed by atoms with Crippen molar-refractivity contribution in [3.05, 3.63) is 17.7 Å². The number of likely N-dealkylation sites (N-methyl/N-ethyl adjacent to an activating group) is 1. The third-order valence-electron chi connectivity index (χ3n) is 2.36. The van der Waals surface area contributed by atoms with Crippen molar-refractivity contribution in [2.24, 2.45) is 0 Å². The van der Waals surface area contributed by atoms with Crippen LogP contribution in [-0.4, -0.2) is 31.5 Å². The molecule has 1 heterocycles. The normalized spacial score (nSPS) is 12.4. The maximum atomic E-state index is 11.1. The molecule has 1 amide bonds. The summed E-state index contributed by atoms with van der Waals surface area (Å²) in [6, 6.07) is 3.25. The average molecular weight is 239 g/mol. The van der Waals surface area contributed by atoms with Gasteiger partial charge in [-0.2, -0.15) is 0 Å². The van der Waals surface area contributed by atoms with Crippen LogP contribution in [0.2, 0.25) is 0 Å². The summed E-state index contributed by atoms with van der Waals surface area (Å²) in [6.07, 6.45) is 0. The van der Waals surface area contributed by atoms with Gasteiger partial charge in [-0.3, -0.25) is 4.79 Å². The highest BCUT2D eigenvalue weighted by molar-refractivity contribution is 5.77. The number of hydrogen-bond acceptors (Lipinski definition) is 5. The number of benzene rings is 1. The van der Waals surface area contributed by atoms with Gasteiger partial charge in [0.15, 0.2) is 18.1 Å². The van der Waals surface area contributed by atoms with Crippen LogP contribution in [0.1, 0.15) is 5.56 Å². The van der Waals surface area contributed by atoms with Gasteiger partial charge in [0, 0.05) is 18.7 Å². The van der Waals surface area contributed by atoms with Crippen molar-refractivity contribution in [3.63, 3.8) is 0 Å². The first-order valence-corrected chi connectivity index (χ1v) is 5.11. The number of amides is 1. The molecule has 0 saturated heterocycles. The van der Waals surface area contributed by atoms with E-state index in [0.717, 1.165) is 0 Å². The fraction of sp³-hybridized carbons (Fsp3) is 0.364. The molecule has 17 heavy (non-hydrogen) atoms. The van der Waals surface area contributed by atoms with Crippen LogP contribution in [0.15, 0.2) is 12.1 Å². The lowest BCUT2D eigenvalue weighted by atomic mass is 10.2. The van der Waals surface area contributed by atoms with E-state index in [1.807, 2.05) is 0 Å². The van der Waals surface area contributed by atoms with Crippen molar-refractivity contribution in [2.45, 2.75) is 6.61 Å². The van der Waals surface area contributed by atoms with Gasteiger partial charge in [-0.25, -0.2) is 0 Å². The molecule has 0 saturated carbocycles. The molecule has 0 spiro atoms. The molecular weight excluding hydrogens is 226 g/mol. The number of aliphatic hydroxyl groups is 1. The van der Waals surface area contributed by atoms with Gasteiger partial charge in [-0.1, -0.05) is 0 Å². The zero-order valence-electron chi connectivity index (χ0n) is 9.36. The SMILES string of the molecule is CNC(=O)COc1cc2c(cc1CO)OCO2. The molecule has 6 nitrogen and oxygen atoms in total. The average Bonchev–Trinajstić information content (AvgIpc) is 2.81. The van der Waals surface area contributed by atoms with Gasteiger partial charge in [0.25, 0.3) is 5.91 Å². The van der Waals surface area contributed by atoms with E-state index in [9.17, 15) is 9.90 Å². The monoisotopic (exact) mass is 239 g/mol. The first-order valence-electron chi connectivity index (χ1n) is 5.11. The van der Waals surface area contributed by atoms with Crippen molar-refractivity contribution in [1.82, 2.24) is 5.32 Å². The summed E-state index contributed by atoms with van der Waals surface area (Å²) >= 11 is 0. The Labute approximate surface area is 98.1 Å². The lowest BCUT2D eigenvalue weighted by molar-refractivity contribution is -0.122. The summed E-state index contributed by atoms with van der Waals surface area (Å²) in [5, 5.41) is 11.6. The second-order valence-electron chi connectivity index (χ2n) is 3.43. The summed E-state index contributed by atoms with van der Waals surface area (Å²) < 4.78 is 15.7. The summed E-state index contributed by atoms with van der Waals surface area (Å²) in [5.41, 5.74) is 0.554. The summed E-state index contributed by atoms with van der Waals surface area (Å²) in [5.74, 6) is 1.29. The Morgan fingerprint density at radius 1 is 1.47 bits per heavy atom. The van der Waals surface area contributed by atoms with Crippen molar-refractivity contribution in [1.29, 1.82) is 0 Å².